The van der Waals surface area contributed by atoms with Gasteiger partial charge in [0.2, 0.25) is 5.91 Å². The fourth-order valence-electron chi connectivity index (χ4n) is 2.95. The van der Waals surface area contributed by atoms with Crippen LogP contribution in [-0.2, 0) is 9.53 Å². The van der Waals surface area contributed by atoms with Crippen LogP contribution in [0.5, 0.6) is 0 Å². The van der Waals surface area contributed by atoms with Gasteiger partial charge in [0.25, 0.3) is 0 Å². The number of cyclic esters (lactones) is 1. The molecule has 0 aromatic heterocycles. The number of hydrogen-bond acceptors (Lipinski definition) is 4. The van der Waals surface area contributed by atoms with E-state index in [2.05, 4.69) is 21.2 Å². The summed E-state index contributed by atoms with van der Waals surface area (Å²) in [5, 5.41) is 11.7. The topological polar surface area (TPSA) is 95.9 Å². The lowest BCUT2D eigenvalue weighted by molar-refractivity contribution is -0.119. The van der Waals surface area contributed by atoms with Crippen molar-refractivity contribution >= 4 is 50.1 Å². The van der Waals surface area contributed by atoms with E-state index in [1.54, 1.807) is 24.3 Å². The number of carbonyl (C=O) groups is 3. The van der Waals surface area contributed by atoms with Gasteiger partial charge in [-0.1, -0.05) is 28.1 Å². The van der Waals surface area contributed by atoms with Gasteiger partial charge >= 0.3 is 12.1 Å². The van der Waals surface area contributed by atoms with Crippen LogP contribution >= 0.6 is 15.9 Å². The van der Waals surface area contributed by atoms with Gasteiger partial charge in [-0.15, -0.1) is 0 Å². The van der Waals surface area contributed by atoms with Crippen molar-refractivity contribution in [2.75, 3.05) is 18.0 Å². The third kappa shape index (κ3) is 5.04. The smallest absolute Gasteiger partial charge is 0.414 e. The predicted molar refractivity (Wildman–Crippen MR) is 113 cm³/mol. The number of rotatable bonds is 6. The van der Waals surface area contributed by atoms with E-state index < -0.39 is 24.0 Å². The average Bonchev–Trinajstić information content (AvgIpc) is 3.07. The highest BCUT2D eigenvalue weighted by Crippen LogP contribution is 2.31. The maximum Gasteiger partial charge on any atom is 0.414 e. The minimum atomic E-state index is -1.05. The zero-order valence-corrected chi connectivity index (χ0v) is 17.5. The Morgan fingerprint density at radius 1 is 1.33 bits per heavy atom. The summed E-state index contributed by atoms with van der Waals surface area (Å²) in [7, 11) is 0. The molecular formula is C21H18BrFN2O5. The molecule has 0 unspecified atom stereocenters. The number of nitrogens with zero attached hydrogens (tertiary/aromatic N) is 1. The van der Waals surface area contributed by atoms with E-state index >= 15 is 0 Å². The molecule has 0 saturated carbocycles. The van der Waals surface area contributed by atoms with Crippen molar-refractivity contribution in [3.05, 3.63) is 65.0 Å². The summed E-state index contributed by atoms with van der Waals surface area (Å²) in [5.74, 6) is -1.85. The standard InChI is InChI=1S/C21H18BrFN2O5/c1-12(26)24-10-16-11-25(21(29)30-16)15-5-6-17(19(23)9-15)18(22)8-13-3-2-4-14(7-13)20(27)28/h2-9,16H,10-11H2,1H3,(H,24,26)(H,27,28)/t16-/m0/s1. The normalized spacial score (nSPS) is 16.4. The second-order valence-electron chi connectivity index (χ2n) is 6.64. The Morgan fingerprint density at radius 2 is 2.10 bits per heavy atom. The molecule has 2 N–H and O–H groups in total. The number of carbonyl (C=O) groups excluding carboxylic acids is 2. The van der Waals surface area contributed by atoms with Gasteiger partial charge in [0.1, 0.15) is 11.9 Å². The molecule has 1 saturated heterocycles. The molecule has 1 heterocycles. The highest BCUT2D eigenvalue weighted by atomic mass is 79.9. The number of anilines is 1. The van der Waals surface area contributed by atoms with Crippen LogP contribution in [0, 0.1) is 5.82 Å². The summed E-state index contributed by atoms with van der Waals surface area (Å²) < 4.78 is 20.3. The van der Waals surface area contributed by atoms with Gasteiger partial charge in [-0.2, -0.15) is 0 Å². The first-order valence-electron chi connectivity index (χ1n) is 8.97. The Hall–Kier alpha value is -3.20. The molecule has 0 radical (unpaired) electrons. The van der Waals surface area contributed by atoms with Gasteiger partial charge in [-0.25, -0.2) is 14.0 Å². The highest BCUT2D eigenvalue weighted by Gasteiger charge is 2.32. The van der Waals surface area contributed by atoms with Crippen molar-refractivity contribution in [3.8, 4) is 0 Å². The lowest BCUT2D eigenvalue weighted by Crippen LogP contribution is -2.33. The maximum absolute atomic E-state index is 14.7. The van der Waals surface area contributed by atoms with E-state index in [9.17, 15) is 18.8 Å². The van der Waals surface area contributed by atoms with Crippen LogP contribution in [0.2, 0.25) is 0 Å². The molecule has 156 valence electrons. The number of carboxylic acid groups (broad SMARTS) is 1. The molecule has 2 amide bonds. The molecule has 30 heavy (non-hydrogen) atoms. The maximum atomic E-state index is 14.7. The van der Waals surface area contributed by atoms with Crippen molar-refractivity contribution in [2.24, 2.45) is 0 Å². The molecule has 0 aliphatic carbocycles. The van der Waals surface area contributed by atoms with E-state index in [1.165, 1.54) is 36.1 Å². The minimum absolute atomic E-state index is 0.126. The molecule has 1 aliphatic rings. The monoisotopic (exact) mass is 476 g/mol. The average molecular weight is 477 g/mol. The highest BCUT2D eigenvalue weighted by molar-refractivity contribution is 9.15. The molecule has 1 aliphatic heterocycles. The van der Waals surface area contributed by atoms with Gasteiger partial charge in [0, 0.05) is 17.0 Å². The van der Waals surface area contributed by atoms with Crippen LogP contribution < -0.4 is 10.2 Å². The van der Waals surface area contributed by atoms with E-state index in [0.29, 0.717) is 15.7 Å². The summed E-state index contributed by atoms with van der Waals surface area (Å²) in [6, 6.07) is 10.6. The number of hydrogen-bond donors (Lipinski definition) is 2. The molecule has 1 atom stereocenters. The third-order valence-corrected chi connectivity index (χ3v) is 5.06. The number of ether oxygens (including phenoxy) is 1. The number of halogens is 2. The van der Waals surface area contributed by atoms with Crippen molar-refractivity contribution in [2.45, 2.75) is 13.0 Å². The quantitative estimate of drug-likeness (QED) is 0.616. The van der Waals surface area contributed by atoms with Crippen molar-refractivity contribution in [3.63, 3.8) is 0 Å². The fourth-order valence-corrected chi connectivity index (χ4v) is 3.53. The predicted octanol–water partition coefficient (Wildman–Crippen LogP) is 3.88. The first kappa shape index (κ1) is 21.5. The van der Waals surface area contributed by atoms with E-state index in [1.807, 2.05) is 0 Å². The molecule has 2 aromatic carbocycles. The molecule has 3 rings (SSSR count). The molecule has 1 fully saturated rings. The Labute approximate surface area is 180 Å². The van der Waals surface area contributed by atoms with Crippen molar-refractivity contribution in [1.29, 1.82) is 0 Å². The summed E-state index contributed by atoms with van der Waals surface area (Å²) in [6.45, 7) is 1.74. The first-order valence-corrected chi connectivity index (χ1v) is 9.77. The Balaban J connectivity index is 1.78. The first-order chi connectivity index (χ1) is 14.2. The van der Waals surface area contributed by atoms with Crippen LogP contribution in [0.1, 0.15) is 28.4 Å². The molecule has 0 bridgehead atoms. The van der Waals surface area contributed by atoms with Gasteiger partial charge in [0.05, 0.1) is 24.3 Å². The van der Waals surface area contributed by atoms with Gasteiger partial charge in [-0.05, 0) is 42.0 Å². The molecule has 9 heteroatoms. The fraction of sp³-hybridized carbons (Fsp3) is 0.190. The molecular weight excluding hydrogens is 459 g/mol. The number of aromatic carboxylic acids is 1. The summed E-state index contributed by atoms with van der Waals surface area (Å²) in [5.41, 5.74) is 1.30. The van der Waals surface area contributed by atoms with Crippen LogP contribution in [-0.4, -0.2) is 42.3 Å². The van der Waals surface area contributed by atoms with E-state index in [-0.39, 0.29) is 30.1 Å². The number of amides is 2. The van der Waals surface area contributed by atoms with E-state index in [4.69, 9.17) is 9.84 Å². The lowest BCUT2D eigenvalue weighted by atomic mass is 10.1. The van der Waals surface area contributed by atoms with Crippen LogP contribution in [0.25, 0.3) is 10.6 Å². The largest absolute Gasteiger partial charge is 0.478 e. The van der Waals surface area contributed by atoms with Gasteiger partial charge in [-0.3, -0.25) is 9.69 Å². The van der Waals surface area contributed by atoms with Crippen LogP contribution in [0.3, 0.4) is 0 Å². The Bertz CT molecular complexity index is 1040. The third-order valence-electron chi connectivity index (χ3n) is 4.40. The molecule has 7 nitrogen and oxygen atoms in total. The van der Waals surface area contributed by atoms with Crippen LogP contribution in [0.4, 0.5) is 14.9 Å². The minimum Gasteiger partial charge on any atom is -0.478 e. The Kier molecular flexibility index (Phi) is 6.51. The number of benzene rings is 2. The second kappa shape index (κ2) is 9.08. The number of carboxylic acids is 1. The van der Waals surface area contributed by atoms with Gasteiger partial charge in [0.15, 0.2) is 0 Å². The van der Waals surface area contributed by atoms with Crippen molar-refractivity contribution in [1.82, 2.24) is 5.32 Å². The van der Waals surface area contributed by atoms with Gasteiger partial charge < -0.3 is 15.2 Å². The van der Waals surface area contributed by atoms with Crippen LogP contribution in [0.15, 0.2) is 42.5 Å². The number of nitrogens with one attached hydrogen (secondary N) is 1. The van der Waals surface area contributed by atoms with E-state index in [0.717, 1.165) is 0 Å². The molecule has 2 aromatic rings. The Morgan fingerprint density at radius 3 is 2.77 bits per heavy atom. The zero-order chi connectivity index (χ0) is 21.8. The SMILES string of the molecule is CC(=O)NC[C@H]1CN(c2ccc(C(Br)=Cc3cccc(C(=O)O)c3)c(F)c2)C(=O)O1. The lowest BCUT2D eigenvalue weighted by Gasteiger charge is -2.14. The van der Waals surface area contributed by atoms with Crippen molar-refractivity contribution < 1.29 is 28.6 Å². The molecule has 0 spiro atoms. The summed E-state index contributed by atoms with van der Waals surface area (Å²) in [6.07, 6.45) is 0.479. The second-order valence-corrected chi connectivity index (χ2v) is 7.49. The zero-order valence-electron chi connectivity index (χ0n) is 15.9. The summed E-state index contributed by atoms with van der Waals surface area (Å²) >= 11 is 3.33. The summed E-state index contributed by atoms with van der Waals surface area (Å²) in [4.78, 5) is 35.5.